The van der Waals surface area contributed by atoms with E-state index in [4.69, 9.17) is 0 Å². The highest BCUT2D eigenvalue weighted by Crippen LogP contribution is 2.32. The van der Waals surface area contributed by atoms with Crippen LogP contribution in [-0.2, 0) is 9.59 Å². The molecule has 4 nitrogen and oxygen atoms in total. The number of benzene rings is 1. The molecule has 0 bridgehead atoms. The number of imide groups is 3. The molecule has 1 fully saturated rings. The Morgan fingerprint density at radius 3 is 2.56 bits per heavy atom. The van der Waals surface area contributed by atoms with Gasteiger partial charge >= 0.3 is 0 Å². The molecule has 0 aromatic heterocycles. The Bertz CT molecular complexity index is 536. The summed E-state index contributed by atoms with van der Waals surface area (Å²) < 4.78 is 0. The van der Waals surface area contributed by atoms with Gasteiger partial charge in [-0.15, -0.1) is 0 Å². The Kier molecular flexibility index (Phi) is 3.62. The maximum Gasteiger partial charge on any atom is 0.300 e. The van der Waals surface area contributed by atoms with Gasteiger partial charge in [0, 0.05) is 6.42 Å². The molecule has 5 heteroatoms. The summed E-state index contributed by atoms with van der Waals surface area (Å²) >= 11 is 0.798. The molecule has 1 aliphatic heterocycles. The van der Waals surface area contributed by atoms with Gasteiger partial charge in [-0.2, -0.15) is 0 Å². The first-order chi connectivity index (χ1) is 8.63. The van der Waals surface area contributed by atoms with Crippen molar-refractivity contribution in [2.24, 2.45) is 0 Å². The lowest BCUT2D eigenvalue weighted by Gasteiger charge is -2.07. The molecule has 0 saturated carbocycles. The second-order valence-electron chi connectivity index (χ2n) is 3.68. The third-order valence-electron chi connectivity index (χ3n) is 2.44. The minimum atomic E-state index is -0.527. The molecule has 0 unspecified atom stereocenters. The lowest BCUT2D eigenvalue weighted by Crippen LogP contribution is -2.34. The van der Waals surface area contributed by atoms with E-state index in [1.807, 2.05) is 30.3 Å². The zero-order chi connectivity index (χ0) is 13.1. The van der Waals surface area contributed by atoms with Crippen LogP contribution < -0.4 is 0 Å². The van der Waals surface area contributed by atoms with Crippen LogP contribution in [0.2, 0.25) is 0 Å². The average Bonchev–Trinajstić information content (AvgIpc) is 2.65. The van der Waals surface area contributed by atoms with Gasteiger partial charge in [-0.1, -0.05) is 37.3 Å². The van der Waals surface area contributed by atoms with Crippen molar-refractivity contribution in [3.05, 3.63) is 40.8 Å². The molecule has 0 aliphatic carbocycles. The number of rotatable bonds is 2. The van der Waals surface area contributed by atoms with Gasteiger partial charge in [0.1, 0.15) is 0 Å². The SMILES string of the molecule is CCC(=O)N1C(=O)SC(=Cc2ccccc2)C1=O. The maximum atomic E-state index is 11.9. The Morgan fingerprint density at radius 1 is 1.28 bits per heavy atom. The van der Waals surface area contributed by atoms with Crippen LogP contribution in [-0.4, -0.2) is 22.0 Å². The van der Waals surface area contributed by atoms with E-state index in [0.29, 0.717) is 4.90 Å². The molecule has 18 heavy (non-hydrogen) atoms. The fourth-order valence-electron chi connectivity index (χ4n) is 1.54. The first-order valence-electron chi connectivity index (χ1n) is 5.49. The van der Waals surface area contributed by atoms with Crippen LogP contribution in [0.25, 0.3) is 6.08 Å². The standard InChI is InChI=1S/C13H11NO3S/c1-2-11(15)14-12(16)10(18-13(14)17)8-9-6-4-3-5-7-9/h3-8H,2H2,1H3. The van der Waals surface area contributed by atoms with Gasteiger partial charge < -0.3 is 0 Å². The number of nitrogens with zero attached hydrogens (tertiary/aromatic N) is 1. The molecule has 1 aliphatic rings. The molecule has 1 aromatic rings. The summed E-state index contributed by atoms with van der Waals surface area (Å²) in [4.78, 5) is 36.0. The third-order valence-corrected chi connectivity index (χ3v) is 3.31. The van der Waals surface area contributed by atoms with Gasteiger partial charge in [0.05, 0.1) is 4.91 Å². The quantitative estimate of drug-likeness (QED) is 0.768. The predicted octanol–water partition coefficient (Wildman–Crippen LogP) is 2.66. The molecule has 0 N–H and O–H groups in total. The van der Waals surface area contributed by atoms with E-state index in [1.165, 1.54) is 0 Å². The van der Waals surface area contributed by atoms with Crippen molar-refractivity contribution in [2.45, 2.75) is 13.3 Å². The molecule has 1 heterocycles. The first kappa shape index (κ1) is 12.6. The molecule has 3 amide bonds. The van der Waals surface area contributed by atoms with Crippen LogP contribution in [0.3, 0.4) is 0 Å². The van der Waals surface area contributed by atoms with Gasteiger partial charge in [0.15, 0.2) is 0 Å². The zero-order valence-corrected chi connectivity index (χ0v) is 10.6. The van der Waals surface area contributed by atoms with Crippen molar-refractivity contribution in [2.75, 3.05) is 0 Å². The van der Waals surface area contributed by atoms with Gasteiger partial charge in [0.25, 0.3) is 11.1 Å². The summed E-state index contributed by atoms with van der Waals surface area (Å²) in [6, 6.07) is 9.20. The highest BCUT2D eigenvalue weighted by atomic mass is 32.2. The molecule has 0 atom stereocenters. The number of hydrogen-bond donors (Lipinski definition) is 0. The van der Waals surface area contributed by atoms with E-state index in [0.717, 1.165) is 17.3 Å². The van der Waals surface area contributed by atoms with Crippen molar-refractivity contribution in [1.82, 2.24) is 4.90 Å². The molecule has 1 aromatic carbocycles. The summed E-state index contributed by atoms with van der Waals surface area (Å²) in [6.07, 6.45) is 1.75. The summed E-state index contributed by atoms with van der Waals surface area (Å²) in [5.41, 5.74) is 0.826. The lowest BCUT2D eigenvalue weighted by molar-refractivity contribution is -0.137. The number of thioether (sulfide) groups is 1. The second-order valence-corrected chi connectivity index (χ2v) is 4.67. The second kappa shape index (κ2) is 5.18. The van der Waals surface area contributed by atoms with Gasteiger partial charge in [-0.05, 0) is 23.4 Å². The Hall–Kier alpha value is -1.88. The number of amides is 3. The number of carbonyl (C=O) groups excluding carboxylic acids is 3. The van der Waals surface area contributed by atoms with Crippen LogP contribution in [0, 0.1) is 0 Å². The van der Waals surface area contributed by atoms with Crippen LogP contribution in [0.4, 0.5) is 4.79 Å². The fraction of sp³-hybridized carbons (Fsp3) is 0.154. The fourth-order valence-corrected chi connectivity index (χ4v) is 2.38. The maximum absolute atomic E-state index is 11.9. The molecule has 0 spiro atoms. The zero-order valence-electron chi connectivity index (χ0n) is 9.75. The third kappa shape index (κ3) is 2.36. The first-order valence-corrected chi connectivity index (χ1v) is 6.31. The summed E-state index contributed by atoms with van der Waals surface area (Å²) in [6.45, 7) is 1.62. The molecule has 1 saturated heterocycles. The topological polar surface area (TPSA) is 54.5 Å². The van der Waals surface area contributed by atoms with Gasteiger partial charge in [-0.3, -0.25) is 14.4 Å². The molecule has 2 rings (SSSR count). The van der Waals surface area contributed by atoms with Crippen molar-refractivity contribution >= 4 is 34.9 Å². The van der Waals surface area contributed by atoms with Crippen molar-refractivity contribution < 1.29 is 14.4 Å². The van der Waals surface area contributed by atoms with Crippen molar-refractivity contribution in [3.63, 3.8) is 0 Å². The predicted molar refractivity (Wildman–Crippen MR) is 69.6 cm³/mol. The van der Waals surface area contributed by atoms with E-state index in [2.05, 4.69) is 0 Å². The Morgan fingerprint density at radius 2 is 1.94 bits per heavy atom. The van der Waals surface area contributed by atoms with Gasteiger partial charge in [-0.25, -0.2) is 4.90 Å². The van der Waals surface area contributed by atoms with Crippen LogP contribution in [0.15, 0.2) is 35.2 Å². The summed E-state index contributed by atoms with van der Waals surface area (Å²) in [5, 5.41) is -0.519. The minimum Gasteiger partial charge on any atom is -0.274 e. The van der Waals surface area contributed by atoms with Crippen molar-refractivity contribution in [1.29, 1.82) is 0 Å². The molecular formula is C13H11NO3S. The molecular weight excluding hydrogens is 250 g/mol. The normalized spacial score (nSPS) is 17.6. The van der Waals surface area contributed by atoms with Crippen LogP contribution in [0.1, 0.15) is 18.9 Å². The van der Waals surface area contributed by atoms with Crippen LogP contribution >= 0.6 is 11.8 Å². The minimum absolute atomic E-state index is 0.136. The van der Waals surface area contributed by atoms with E-state index in [9.17, 15) is 14.4 Å². The van der Waals surface area contributed by atoms with Crippen LogP contribution in [0.5, 0.6) is 0 Å². The highest BCUT2D eigenvalue weighted by Gasteiger charge is 2.38. The summed E-state index contributed by atoms with van der Waals surface area (Å²) in [7, 11) is 0. The summed E-state index contributed by atoms with van der Waals surface area (Å²) in [5.74, 6) is -0.991. The number of hydrogen-bond acceptors (Lipinski definition) is 4. The van der Waals surface area contributed by atoms with E-state index >= 15 is 0 Å². The lowest BCUT2D eigenvalue weighted by atomic mass is 10.2. The number of carbonyl (C=O) groups is 3. The average molecular weight is 261 g/mol. The van der Waals surface area contributed by atoms with E-state index in [-0.39, 0.29) is 11.3 Å². The van der Waals surface area contributed by atoms with Gasteiger partial charge in [0.2, 0.25) is 5.91 Å². The van der Waals surface area contributed by atoms with E-state index in [1.54, 1.807) is 13.0 Å². The van der Waals surface area contributed by atoms with E-state index < -0.39 is 17.1 Å². The van der Waals surface area contributed by atoms with Crippen molar-refractivity contribution in [3.8, 4) is 0 Å². The Labute approximate surface area is 109 Å². The highest BCUT2D eigenvalue weighted by molar-refractivity contribution is 8.18. The molecule has 0 radical (unpaired) electrons. The smallest absolute Gasteiger partial charge is 0.274 e. The largest absolute Gasteiger partial charge is 0.300 e. The molecule has 92 valence electrons. The Balaban J connectivity index is 2.28. The monoisotopic (exact) mass is 261 g/mol.